The molecule has 29 heavy (non-hydrogen) atoms. The average Bonchev–Trinajstić information content (AvgIpc) is 2.97. The lowest BCUT2D eigenvalue weighted by Crippen LogP contribution is -2.55. The second-order valence-electron chi connectivity index (χ2n) is 13.4. The topological polar surface area (TPSA) is 9.23 Å². The Bertz CT molecular complexity index is 633. The Kier molecular flexibility index (Phi) is 5.51. The first-order valence-electron chi connectivity index (χ1n) is 12.7. The van der Waals surface area contributed by atoms with Gasteiger partial charge in [-0.05, 0) is 116 Å². The third-order valence-corrected chi connectivity index (χ3v) is 15.8. The molecule has 0 N–H and O–H groups in total. The fourth-order valence-corrected chi connectivity index (χ4v) is 9.75. The summed E-state index contributed by atoms with van der Waals surface area (Å²) in [6.07, 6.45) is 15.6. The summed E-state index contributed by atoms with van der Waals surface area (Å²) in [5, 5.41) is 0.323. The molecule has 4 rings (SSSR count). The molecule has 0 aromatic heterocycles. The molecule has 0 saturated heterocycles. The first-order valence-corrected chi connectivity index (χ1v) is 15.6. The molecular formula is C27H48OSi. The lowest BCUT2D eigenvalue weighted by Gasteiger charge is -2.61. The van der Waals surface area contributed by atoms with Crippen LogP contribution in [0.1, 0.15) is 92.4 Å². The van der Waals surface area contributed by atoms with Crippen LogP contribution in [0.5, 0.6) is 0 Å². The highest BCUT2D eigenvalue weighted by Gasteiger charge is 2.60. The van der Waals surface area contributed by atoms with Crippen LogP contribution >= 0.6 is 0 Å². The predicted molar refractivity (Wildman–Crippen MR) is 127 cm³/mol. The Morgan fingerprint density at radius 2 is 1.55 bits per heavy atom. The predicted octanol–water partition coefficient (Wildman–Crippen LogP) is 8.22. The lowest BCUT2D eigenvalue weighted by molar-refractivity contribution is -0.122. The average molecular weight is 417 g/mol. The van der Waals surface area contributed by atoms with Crippen LogP contribution in [-0.4, -0.2) is 14.4 Å². The lowest BCUT2D eigenvalue weighted by atomic mass is 9.44. The first kappa shape index (κ1) is 22.1. The van der Waals surface area contributed by atoms with Gasteiger partial charge in [-0.1, -0.05) is 40.7 Å². The molecule has 0 aromatic carbocycles. The molecule has 0 radical (unpaired) electrons. The van der Waals surface area contributed by atoms with Crippen molar-refractivity contribution in [3.8, 4) is 0 Å². The number of hydrogen-bond acceptors (Lipinski definition) is 1. The highest BCUT2D eigenvalue weighted by Crippen LogP contribution is 2.67. The second-order valence-corrected chi connectivity index (χ2v) is 18.2. The van der Waals surface area contributed by atoms with E-state index in [1.807, 2.05) is 0 Å². The van der Waals surface area contributed by atoms with Gasteiger partial charge in [0.25, 0.3) is 0 Å². The van der Waals surface area contributed by atoms with Crippen LogP contribution in [0.3, 0.4) is 0 Å². The Labute approximate surface area is 182 Å². The summed E-state index contributed by atoms with van der Waals surface area (Å²) in [5.41, 5.74) is 1.12. The molecular weight excluding hydrogens is 368 g/mol. The number of rotatable bonds is 3. The van der Waals surface area contributed by atoms with Crippen molar-refractivity contribution in [3.05, 3.63) is 12.7 Å². The van der Waals surface area contributed by atoms with Crippen molar-refractivity contribution in [2.24, 2.45) is 40.4 Å². The summed E-state index contributed by atoms with van der Waals surface area (Å²) in [5.74, 6) is 4.58. The Morgan fingerprint density at radius 3 is 2.21 bits per heavy atom. The van der Waals surface area contributed by atoms with Gasteiger partial charge in [-0.3, -0.25) is 0 Å². The van der Waals surface area contributed by atoms with Crippen LogP contribution in [0.15, 0.2) is 12.7 Å². The standard InChI is InChI=1S/C27H48OSi/c1-9-19-11-13-23-22-12-10-20-18-21(28-29(7,8)25(2,3)4)14-16-27(20,6)24(22)15-17-26(19,23)5/h9,19-24H,1,10-18H2,2-8H3/t19-,20-,21+,22-,23+,24-,26+,27-/m0/s1. The molecule has 0 aliphatic heterocycles. The van der Waals surface area contributed by atoms with Gasteiger partial charge in [-0.15, -0.1) is 6.58 Å². The van der Waals surface area contributed by atoms with E-state index in [1.165, 1.54) is 57.8 Å². The van der Waals surface area contributed by atoms with Gasteiger partial charge in [-0.2, -0.15) is 0 Å². The second kappa shape index (κ2) is 7.22. The maximum Gasteiger partial charge on any atom is 0.192 e. The van der Waals surface area contributed by atoms with Gasteiger partial charge >= 0.3 is 0 Å². The monoisotopic (exact) mass is 416 g/mol. The minimum atomic E-state index is -1.66. The highest BCUT2D eigenvalue weighted by molar-refractivity contribution is 6.74. The Hall–Kier alpha value is -0.0831. The van der Waals surface area contributed by atoms with Crippen LogP contribution in [0.25, 0.3) is 0 Å². The summed E-state index contributed by atoms with van der Waals surface area (Å²) >= 11 is 0. The van der Waals surface area contributed by atoms with Crippen molar-refractivity contribution in [3.63, 3.8) is 0 Å². The molecule has 166 valence electrons. The van der Waals surface area contributed by atoms with Crippen LogP contribution in [0, 0.1) is 40.4 Å². The zero-order valence-corrected chi connectivity index (χ0v) is 21.5. The molecule has 4 saturated carbocycles. The maximum atomic E-state index is 6.92. The van der Waals surface area contributed by atoms with E-state index >= 15 is 0 Å². The van der Waals surface area contributed by atoms with Crippen molar-refractivity contribution >= 4 is 8.32 Å². The van der Waals surface area contributed by atoms with E-state index in [0.29, 0.717) is 22.0 Å². The van der Waals surface area contributed by atoms with E-state index in [0.717, 1.165) is 29.6 Å². The van der Waals surface area contributed by atoms with E-state index < -0.39 is 8.32 Å². The van der Waals surface area contributed by atoms with Gasteiger partial charge in [0.05, 0.1) is 0 Å². The summed E-state index contributed by atoms with van der Waals surface area (Å²) in [6, 6.07) is 0. The third-order valence-electron chi connectivity index (χ3n) is 11.2. The smallest absolute Gasteiger partial charge is 0.192 e. The van der Waals surface area contributed by atoms with Crippen LogP contribution < -0.4 is 0 Å². The van der Waals surface area contributed by atoms with Gasteiger partial charge in [0.1, 0.15) is 0 Å². The van der Waals surface area contributed by atoms with Gasteiger partial charge in [0.15, 0.2) is 8.32 Å². The number of allylic oxidation sites excluding steroid dienone is 1. The molecule has 0 spiro atoms. The van der Waals surface area contributed by atoms with Gasteiger partial charge in [-0.25, -0.2) is 0 Å². The molecule has 1 nitrogen and oxygen atoms in total. The SMILES string of the molecule is C=C[C@H]1CC[C@@H]2[C@@H]3CC[C@H]4C[C@H](O[Si](C)(C)C(C)(C)C)CC[C@]4(C)[C@H]3CC[C@@]21C. The first-order chi connectivity index (χ1) is 13.4. The molecule has 0 amide bonds. The number of fused-ring (bicyclic) bond motifs is 5. The van der Waals surface area contributed by atoms with Gasteiger partial charge < -0.3 is 4.43 Å². The van der Waals surface area contributed by atoms with E-state index in [-0.39, 0.29) is 0 Å². The quantitative estimate of drug-likeness (QED) is 0.332. The molecule has 0 unspecified atom stereocenters. The van der Waals surface area contributed by atoms with Crippen molar-refractivity contribution in [1.29, 1.82) is 0 Å². The zero-order valence-electron chi connectivity index (χ0n) is 20.5. The van der Waals surface area contributed by atoms with E-state index in [2.05, 4.69) is 60.4 Å². The summed E-state index contributed by atoms with van der Waals surface area (Å²) in [4.78, 5) is 0. The molecule has 2 heteroatoms. The number of hydrogen-bond donors (Lipinski definition) is 0. The molecule has 4 aliphatic carbocycles. The summed E-state index contributed by atoms with van der Waals surface area (Å²) in [6.45, 7) is 21.5. The fourth-order valence-electron chi connectivity index (χ4n) is 8.35. The molecule has 0 aromatic rings. The fraction of sp³-hybridized carbons (Fsp3) is 0.926. The molecule has 8 atom stereocenters. The zero-order chi connectivity index (χ0) is 21.2. The van der Waals surface area contributed by atoms with Crippen LogP contribution in [-0.2, 0) is 4.43 Å². The minimum Gasteiger partial charge on any atom is -0.414 e. The Morgan fingerprint density at radius 1 is 0.897 bits per heavy atom. The van der Waals surface area contributed by atoms with Crippen LogP contribution in [0.2, 0.25) is 18.1 Å². The van der Waals surface area contributed by atoms with Gasteiger partial charge in [0, 0.05) is 6.10 Å². The van der Waals surface area contributed by atoms with Crippen molar-refractivity contribution in [2.45, 2.75) is 117 Å². The highest BCUT2D eigenvalue weighted by atomic mass is 28.4. The third kappa shape index (κ3) is 3.43. The molecule has 0 heterocycles. The summed E-state index contributed by atoms with van der Waals surface area (Å²) < 4.78 is 6.92. The van der Waals surface area contributed by atoms with Crippen molar-refractivity contribution < 1.29 is 4.43 Å². The molecule has 4 fully saturated rings. The van der Waals surface area contributed by atoms with E-state index in [9.17, 15) is 0 Å². The largest absolute Gasteiger partial charge is 0.414 e. The normalized spacial score (nSPS) is 47.8. The van der Waals surface area contributed by atoms with Crippen LogP contribution in [0.4, 0.5) is 0 Å². The van der Waals surface area contributed by atoms with E-state index in [4.69, 9.17) is 4.43 Å². The van der Waals surface area contributed by atoms with Gasteiger partial charge in [0.2, 0.25) is 0 Å². The maximum absolute atomic E-state index is 6.92. The molecule has 4 aliphatic rings. The van der Waals surface area contributed by atoms with Crippen molar-refractivity contribution in [2.75, 3.05) is 0 Å². The minimum absolute atomic E-state index is 0.323. The Balaban J connectivity index is 1.48. The summed E-state index contributed by atoms with van der Waals surface area (Å²) in [7, 11) is -1.66. The van der Waals surface area contributed by atoms with Crippen molar-refractivity contribution in [1.82, 2.24) is 0 Å². The van der Waals surface area contributed by atoms with E-state index in [1.54, 1.807) is 0 Å². The molecule has 0 bridgehead atoms.